The number of aliphatic hydroxyl groups excluding tert-OH is 1. The summed E-state index contributed by atoms with van der Waals surface area (Å²) in [6.45, 7) is 18.0. The topological polar surface area (TPSA) is 113 Å². The first kappa shape index (κ1) is 29.5. The van der Waals surface area contributed by atoms with Gasteiger partial charge in [-0.3, -0.25) is 0 Å². The number of allylic oxidation sites excluding steroid dienone is 2. The highest BCUT2D eigenvalue weighted by molar-refractivity contribution is 7.87. The van der Waals surface area contributed by atoms with Gasteiger partial charge in [-0.15, -0.1) is 0 Å². The zero-order valence-electron chi connectivity index (χ0n) is 24.6. The fourth-order valence-electron chi connectivity index (χ4n) is 10.7. The molecule has 0 heterocycles. The highest BCUT2D eigenvalue weighted by Gasteiger charge is 2.71. The van der Waals surface area contributed by atoms with Crippen molar-refractivity contribution >= 4 is 10.2 Å². The molecule has 0 saturated heterocycles. The Kier molecular flexibility index (Phi) is 7.41. The zero-order valence-corrected chi connectivity index (χ0v) is 25.4. The molecule has 6 unspecified atom stereocenters. The van der Waals surface area contributed by atoms with Crippen molar-refractivity contribution in [1.29, 1.82) is 0 Å². The second-order valence-electron chi connectivity index (χ2n) is 15.2. The standard InChI is InChI=1S/C30H54N2O4S/c1-19(2)10-9-14-30(8,34)20-11-16-29(7)25(20)21(33)18-23-27(5)15-13-24(32-37(31,35)36)26(3,4)22(27)12-17-28(23,29)6/h10,20-25,32-34H,9,11-18H2,1-8H3,(H2,31,35,36)/t20?,21-,22?,23?,24?,25?,27+,28-,29-,30?/m1/s1. The highest BCUT2D eigenvalue weighted by atomic mass is 32.2. The van der Waals surface area contributed by atoms with Gasteiger partial charge in [-0.05, 0) is 124 Å². The average Bonchev–Trinajstić information content (AvgIpc) is 3.12. The zero-order chi connectivity index (χ0) is 27.8. The third-order valence-corrected chi connectivity index (χ3v) is 13.3. The number of aliphatic hydroxyl groups is 2. The predicted molar refractivity (Wildman–Crippen MR) is 150 cm³/mol. The third-order valence-electron chi connectivity index (χ3n) is 12.7. The average molecular weight is 539 g/mol. The van der Waals surface area contributed by atoms with Gasteiger partial charge in [0.25, 0.3) is 10.2 Å². The molecule has 4 aliphatic carbocycles. The largest absolute Gasteiger partial charge is 0.393 e. The van der Waals surface area contributed by atoms with Gasteiger partial charge in [0, 0.05) is 6.04 Å². The van der Waals surface area contributed by atoms with Crippen molar-refractivity contribution in [3.8, 4) is 0 Å². The fraction of sp³-hybridized carbons (Fsp3) is 0.933. The van der Waals surface area contributed by atoms with E-state index >= 15 is 0 Å². The van der Waals surface area contributed by atoms with Crippen molar-refractivity contribution in [2.24, 2.45) is 50.5 Å². The number of hydrogen-bond acceptors (Lipinski definition) is 4. The van der Waals surface area contributed by atoms with Crippen LogP contribution >= 0.6 is 0 Å². The molecule has 0 aliphatic heterocycles. The van der Waals surface area contributed by atoms with Crippen LogP contribution in [0.5, 0.6) is 0 Å². The molecule has 0 radical (unpaired) electrons. The van der Waals surface area contributed by atoms with Crippen molar-refractivity contribution in [3.05, 3.63) is 11.6 Å². The number of nitrogens with two attached hydrogens (primary N) is 1. The number of nitrogens with one attached hydrogen (secondary N) is 1. The Balaban J connectivity index is 1.65. The summed E-state index contributed by atoms with van der Waals surface area (Å²) in [7, 11) is -3.77. The Morgan fingerprint density at radius 3 is 2.24 bits per heavy atom. The summed E-state index contributed by atoms with van der Waals surface area (Å²) in [6.07, 6.45) is 10.0. The van der Waals surface area contributed by atoms with E-state index in [1.807, 2.05) is 6.92 Å². The van der Waals surface area contributed by atoms with Crippen molar-refractivity contribution in [2.75, 3.05) is 0 Å². The summed E-state index contributed by atoms with van der Waals surface area (Å²) in [5, 5.41) is 29.0. The number of hydrogen-bond donors (Lipinski definition) is 4. The molecule has 0 aromatic heterocycles. The molecular formula is C30H54N2O4S. The van der Waals surface area contributed by atoms with Gasteiger partial charge in [0.05, 0.1) is 11.7 Å². The van der Waals surface area contributed by atoms with Crippen molar-refractivity contribution in [1.82, 2.24) is 4.72 Å². The predicted octanol–water partition coefficient (Wildman–Crippen LogP) is 5.30. The lowest BCUT2D eigenvalue weighted by Crippen LogP contribution is -2.67. The van der Waals surface area contributed by atoms with Crippen molar-refractivity contribution in [3.63, 3.8) is 0 Å². The Morgan fingerprint density at radius 2 is 1.65 bits per heavy atom. The first-order valence-corrected chi connectivity index (χ1v) is 16.2. The summed E-state index contributed by atoms with van der Waals surface area (Å²) in [4.78, 5) is 0. The summed E-state index contributed by atoms with van der Waals surface area (Å²) in [6, 6.07) is -0.173. The molecule has 0 bridgehead atoms. The minimum atomic E-state index is -3.77. The SMILES string of the molecule is CC(C)=CCCC(C)(O)C1CC[C@]2(C)C1[C@H](O)CC1[C@@]3(C)CCC(NS(N)(=O)=O)C(C)(C)C3CC[C@]12C. The van der Waals surface area contributed by atoms with Crippen molar-refractivity contribution in [2.45, 2.75) is 131 Å². The van der Waals surface area contributed by atoms with Crippen LogP contribution in [0.1, 0.15) is 113 Å². The van der Waals surface area contributed by atoms with Crippen LogP contribution in [0.3, 0.4) is 0 Å². The van der Waals surface area contributed by atoms with E-state index in [1.54, 1.807) is 0 Å². The molecule has 4 saturated carbocycles. The summed E-state index contributed by atoms with van der Waals surface area (Å²) < 4.78 is 26.6. The molecule has 4 fully saturated rings. The molecule has 4 aliphatic rings. The van der Waals surface area contributed by atoms with E-state index in [9.17, 15) is 18.6 Å². The van der Waals surface area contributed by atoms with E-state index < -0.39 is 21.9 Å². The van der Waals surface area contributed by atoms with E-state index in [0.29, 0.717) is 11.8 Å². The second kappa shape index (κ2) is 9.29. The molecule has 7 heteroatoms. The first-order chi connectivity index (χ1) is 16.8. The molecular weight excluding hydrogens is 484 g/mol. The quantitative estimate of drug-likeness (QED) is 0.344. The molecule has 6 nitrogen and oxygen atoms in total. The molecule has 0 spiro atoms. The Bertz CT molecular complexity index is 1020. The summed E-state index contributed by atoms with van der Waals surface area (Å²) in [5.41, 5.74) is 0.320. The summed E-state index contributed by atoms with van der Waals surface area (Å²) in [5.74, 6) is 0.915. The van der Waals surface area contributed by atoms with Gasteiger partial charge in [-0.2, -0.15) is 13.1 Å². The molecule has 5 N–H and O–H groups in total. The molecule has 214 valence electrons. The van der Waals surface area contributed by atoms with Gasteiger partial charge in [0.15, 0.2) is 0 Å². The van der Waals surface area contributed by atoms with Gasteiger partial charge >= 0.3 is 0 Å². The maximum Gasteiger partial charge on any atom is 0.274 e. The van der Waals surface area contributed by atoms with Crippen LogP contribution in [0.25, 0.3) is 0 Å². The van der Waals surface area contributed by atoms with Crippen LogP contribution in [0.2, 0.25) is 0 Å². The minimum absolute atomic E-state index is 0.0199. The fourth-order valence-corrected chi connectivity index (χ4v) is 11.5. The first-order valence-electron chi connectivity index (χ1n) is 14.6. The van der Waals surface area contributed by atoms with Gasteiger partial charge in [-0.25, -0.2) is 5.14 Å². The smallest absolute Gasteiger partial charge is 0.274 e. The van der Waals surface area contributed by atoms with Crippen LogP contribution in [-0.2, 0) is 10.2 Å². The Morgan fingerprint density at radius 1 is 1.03 bits per heavy atom. The van der Waals surface area contributed by atoms with E-state index in [0.717, 1.165) is 57.8 Å². The van der Waals surface area contributed by atoms with Gasteiger partial charge in [0.2, 0.25) is 0 Å². The normalized spacial score (nSPS) is 46.8. The Hall–Kier alpha value is -0.470. The monoisotopic (exact) mass is 538 g/mol. The van der Waals surface area contributed by atoms with Crippen molar-refractivity contribution < 1.29 is 18.6 Å². The molecule has 0 amide bonds. The van der Waals surface area contributed by atoms with E-state index in [1.165, 1.54) is 5.57 Å². The molecule has 0 aromatic carbocycles. The lowest BCUT2D eigenvalue weighted by Gasteiger charge is -2.70. The van der Waals surface area contributed by atoms with Crippen LogP contribution in [-0.4, -0.2) is 36.4 Å². The van der Waals surface area contributed by atoms with Crippen LogP contribution in [0.4, 0.5) is 0 Å². The third kappa shape index (κ3) is 4.67. The van der Waals surface area contributed by atoms with Crippen LogP contribution < -0.4 is 9.86 Å². The summed E-state index contributed by atoms with van der Waals surface area (Å²) >= 11 is 0. The maximum absolute atomic E-state index is 11.9. The van der Waals surface area contributed by atoms with E-state index in [2.05, 4.69) is 59.3 Å². The second-order valence-corrected chi connectivity index (χ2v) is 16.5. The van der Waals surface area contributed by atoms with E-state index in [-0.39, 0.29) is 39.5 Å². The van der Waals surface area contributed by atoms with Crippen LogP contribution in [0, 0.1) is 45.3 Å². The molecule has 10 atom stereocenters. The number of fused-ring (bicyclic) bond motifs is 5. The molecule has 4 rings (SSSR count). The van der Waals surface area contributed by atoms with Gasteiger partial charge in [-0.1, -0.05) is 46.3 Å². The lowest BCUT2D eigenvalue weighted by molar-refractivity contribution is -0.237. The number of rotatable bonds is 6. The highest BCUT2D eigenvalue weighted by Crippen LogP contribution is 2.75. The van der Waals surface area contributed by atoms with Gasteiger partial charge < -0.3 is 10.2 Å². The molecule has 37 heavy (non-hydrogen) atoms. The van der Waals surface area contributed by atoms with Gasteiger partial charge in [0.1, 0.15) is 0 Å². The maximum atomic E-state index is 11.9. The van der Waals surface area contributed by atoms with Crippen LogP contribution in [0.15, 0.2) is 11.6 Å². The van der Waals surface area contributed by atoms with E-state index in [4.69, 9.17) is 5.14 Å². The Labute approximate surface area is 226 Å². The molecule has 0 aromatic rings. The minimum Gasteiger partial charge on any atom is -0.393 e. The lowest BCUT2D eigenvalue weighted by atomic mass is 9.35.